The highest BCUT2D eigenvalue weighted by molar-refractivity contribution is 6.10. The molecule has 0 spiro atoms. The van der Waals surface area contributed by atoms with E-state index >= 15 is 0 Å². The van der Waals surface area contributed by atoms with Crippen LogP contribution in [-0.2, 0) is 15.1 Å². The third kappa shape index (κ3) is 3.79. The van der Waals surface area contributed by atoms with Gasteiger partial charge >= 0.3 is 6.03 Å². The monoisotopic (exact) mass is 398 g/mol. The molecule has 4 N–H and O–H groups in total. The van der Waals surface area contributed by atoms with Gasteiger partial charge in [0.05, 0.1) is 19.9 Å². The van der Waals surface area contributed by atoms with Gasteiger partial charge in [-0.25, -0.2) is 4.79 Å². The van der Waals surface area contributed by atoms with Crippen molar-refractivity contribution in [3.8, 4) is 11.5 Å². The molecule has 1 heterocycles. The van der Waals surface area contributed by atoms with E-state index in [-0.39, 0.29) is 0 Å². The summed E-state index contributed by atoms with van der Waals surface area (Å²) in [5.74, 6) is 0.0607. The molecule has 4 amide bonds. The average Bonchev–Trinajstić information content (AvgIpc) is 2.92. The van der Waals surface area contributed by atoms with E-state index in [1.165, 1.54) is 20.3 Å². The van der Waals surface area contributed by atoms with Crippen molar-refractivity contribution in [1.82, 2.24) is 10.2 Å². The number of ether oxygens (including phenoxy) is 2. The summed E-state index contributed by atoms with van der Waals surface area (Å²) in [6.45, 7) is 1.17. The van der Waals surface area contributed by atoms with Crippen molar-refractivity contribution < 1.29 is 23.9 Å². The fraction of sp³-hybridized carbons (Fsp3) is 0.250. The molecule has 1 saturated heterocycles. The molecule has 2 aromatic rings. The van der Waals surface area contributed by atoms with Crippen molar-refractivity contribution >= 4 is 29.2 Å². The number of urea groups is 1. The number of nitrogens with one attached hydrogen (secondary N) is 2. The molecular weight excluding hydrogens is 376 g/mol. The van der Waals surface area contributed by atoms with Gasteiger partial charge < -0.3 is 25.8 Å². The fourth-order valence-corrected chi connectivity index (χ4v) is 3.12. The topological polar surface area (TPSA) is 123 Å². The molecule has 1 unspecified atom stereocenters. The van der Waals surface area contributed by atoms with Gasteiger partial charge in [0.1, 0.15) is 23.6 Å². The van der Waals surface area contributed by atoms with Gasteiger partial charge in [0.15, 0.2) is 0 Å². The maximum atomic E-state index is 12.9. The number of amides is 4. The molecule has 9 nitrogen and oxygen atoms in total. The molecule has 2 aromatic carbocycles. The van der Waals surface area contributed by atoms with E-state index in [1.807, 2.05) is 0 Å². The van der Waals surface area contributed by atoms with Gasteiger partial charge in [-0.3, -0.25) is 14.5 Å². The molecule has 3 rings (SSSR count). The van der Waals surface area contributed by atoms with Crippen molar-refractivity contribution in [2.24, 2.45) is 0 Å². The van der Waals surface area contributed by atoms with Crippen LogP contribution in [0.5, 0.6) is 11.5 Å². The first-order valence-electron chi connectivity index (χ1n) is 8.80. The zero-order chi connectivity index (χ0) is 21.2. The van der Waals surface area contributed by atoms with E-state index in [4.69, 9.17) is 15.2 Å². The number of benzene rings is 2. The Hall–Kier alpha value is -3.75. The molecular formula is C20H22N4O5. The number of hydrogen-bond donors (Lipinski definition) is 3. The molecule has 0 bridgehead atoms. The molecule has 1 fully saturated rings. The number of hydrogen-bond acceptors (Lipinski definition) is 6. The number of nitrogen functional groups attached to an aromatic ring is 1. The lowest BCUT2D eigenvalue weighted by Gasteiger charge is -2.22. The molecule has 0 aliphatic carbocycles. The van der Waals surface area contributed by atoms with Crippen LogP contribution >= 0.6 is 0 Å². The minimum absolute atomic E-state index is 0.354. The number of nitrogens with two attached hydrogens (primary N) is 1. The number of carbonyl (C=O) groups is 3. The van der Waals surface area contributed by atoms with E-state index < -0.39 is 29.9 Å². The zero-order valence-corrected chi connectivity index (χ0v) is 16.3. The largest absolute Gasteiger partial charge is 0.497 e. The Bertz CT molecular complexity index is 960. The van der Waals surface area contributed by atoms with E-state index in [0.717, 1.165) is 4.90 Å². The number of anilines is 2. The van der Waals surface area contributed by atoms with Gasteiger partial charge in [0, 0.05) is 5.69 Å². The van der Waals surface area contributed by atoms with Crippen LogP contribution in [0.2, 0.25) is 0 Å². The lowest BCUT2D eigenvalue weighted by atomic mass is 9.92. The Morgan fingerprint density at radius 3 is 2.41 bits per heavy atom. The summed E-state index contributed by atoms with van der Waals surface area (Å²) in [5, 5.41) is 5.28. The van der Waals surface area contributed by atoms with Crippen LogP contribution in [-0.4, -0.2) is 43.5 Å². The van der Waals surface area contributed by atoms with Crippen molar-refractivity contribution in [2.75, 3.05) is 31.8 Å². The minimum atomic E-state index is -1.27. The molecule has 0 aromatic heterocycles. The van der Waals surface area contributed by atoms with Crippen LogP contribution in [0, 0.1) is 0 Å². The molecule has 152 valence electrons. The van der Waals surface area contributed by atoms with Crippen molar-refractivity contribution in [1.29, 1.82) is 0 Å². The molecule has 1 aliphatic rings. The van der Waals surface area contributed by atoms with E-state index in [9.17, 15) is 14.4 Å². The van der Waals surface area contributed by atoms with Crippen LogP contribution in [0.4, 0.5) is 16.2 Å². The van der Waals surface area contributed by atoms with E-state index in [2.05, 4.69) is 10.6 Å². The van der Waals surface area contributed by atoms with Gasteiger partial charge in [-0.05, 0) is 42.8 Å². The standard InChI is InChI=1S/C20H22N4O5/c1-20(12-4-7-14(28-2)8-5-12)18(26)24(19(27)23-20)11-17(25)22-13-6-9-16(29-3)15(21)10-13/h4-10H,11,21H2,1-3H3,(H,22,25)(H,23,27). The Morgan fingerprint density at radius 1 is 1.14 bits per heavy atom. The van der Waals surface area contributed by atoms with Crippen LogP contribution in [0.1, 0.15) is 12.5 Å². The number of methoxy groups -OCH3 is 2. The summed E-state index contributed by atoms with van der Waals surface area (Å²) in [5.41, 5.74) is 5.92. The Balaban J connectivity index is 1.72. The van der Waals surface area contributed by atoms with Crippen molar-refractivity contribution in [3.63, 3.8) is 0 Å². The second-order valence-corrected chi connectivity index (χ2v) is 6.68. The third-order valence-corrected chi connectivity index (χ3v) is 4.76. The normalized spacial score (nSPS) is 18.4. The average molecular weight is 398 g/mol. The van der Waals surface area contributed by atoms with Gasteiger partial charge in [-0.1, -0.05) is 12.1 Å². The highest BCUT2D eigenvalue weighted by Gasteiger charge is 2.49. The van der Waals surface area contributed by atoms with Gasteiger partial charge in [-0.15, -0.1) is 0 Å². The van der Waals surface area contributed by atoms with Gasteiger partial charge in [0.25, 0.3) is 5.91 Å². The Morgan fingerprint density at radius 2 is 1.83 bits per heavy atom. The van der Waals surface area contributed by atoms with Crippen molar-refractivity contribution in [2.45, 2.75) is 12.5 Å². The summed E-state index contributed by atoms with van der Waals surface area (Å²) in [6.07, 6.45) is 0. The second kappa shape index (κ2) is 7.70. The number of nitrogens with zero attached hydrogens (tertiary/aromatic N) is 1. The zero-order valence-electron chi connectivity index (χ0n) is 16.3. The first-order valence-corrected chi connectivity index (χ1v) is 8.80. The van der Waals surface area contributed by atoms with Gasteiger partial charge in [0.2, 0.25) is 5.91 Å². The number of rotatable bonds is 6. The quantitative estimate of drug-likeness (QED) is 0.503. The molecule has 1 atom stereocenters. The first kappa shape index (κ1) is 20.0. The third-order valence-electron chi connectivity index (χ3n) is 4.76. The Kier molecular flexibility index (Phi) is 5.31. The van der Waals surface area contributed by atoms with Crippen LogP contribution in [0.3, 0.4) is 0 Å². The molecule has 29 heavy (non-hydrogen) atoms. The lowest BCUT2D eigenvalue weighted by molar-refractivity contribution is -0.133. The first-order chi connectivity index (χ1) is 13.8. The summed E-state index contributed by atoms with van der Waals surface area (Å²) < 4.78 is 10.2. The molecule has 1 aliphatic heterocycles. The summed E-state index contributed by atoms with van der Waals surface area (Å²) in [7, 11) is 3.03. The number of carbonyl (C=O) groups excluding carboxylic acids is 3. The van der Waals surface area contributed by atoms with Crippen LogP contribution < -0.4 is 25.8 Å². The number of imide groups is 1. The maximum Gasteiger partial charge on any atom is 0.325 e. The van der Waals surface area contributed by atoms with E-state index in [0.29, 0.717) is 28.4 Å². The predicted octanol–water partition coefficient (Wildman–Crippen LogP) is 1.69. The Labute approximate surface area is 167 Å². The molecule has 9 heteroatoms. The van der Waals surface area contributed by atoms with Gasteiger partial charge in [-0.2, -0.15) is 0 Å². The smallest absolute Gasteiger partial charge is 0.325 e. The molecule has 0 radical (unpaired) electrons. The minimum Gasteiger partial charge on any atom is -0.497 e. The predicted molar refractivity (Wildman–Crippen MR) is 107 cm³/mol. The summed E-state index contributed by atoms with van der Waals surface area (Å²) >= 11 is 0. The van der Waals surface area contributed by atoms with Crippen LogP contribution in [0.25, 0.3) is 0 Å². The fourth-order valence-electron chi connectivity index (χ4n) is 3.12. The highest BCUT2D eigenvalue weighted by Crippen LogP contribution is 2.30. The molecule has 0 saturated carbocycles. The highest BCUT2D eigenvalue weighted by atomic mass is 16.5. The second-order valence-electron chi connectivity index (χ2n) is 6.68. The maximum absolute atomic E-state index is 12.9. The SMILES string of the molecule is COc1ccc(C2(C)NC(=O)N(CC(=O)Nc3ccc(OC)c(N)c3)C2=O)cc1. The summed E-state index contributed by atoms with van der Waals surface area (Å²) in [6, 6.07) is 10.9. The van der Waals surface area contributed by atoms with Crippen LogP contribution in [0.15, 0.2) is 42.5 Å². The lowest BCUT2D eigenvalue weighted by Crippen LogP contribution is -2.42. The summed E-state index contributed by atoms with van der Waals surface area (Å²) in [4.78, 5) is 38.6. The van der Waals surface area contributed by atoms with E-state index in [1.54, 1.807) is 43.3 Å². The van der Waals surface area contributed by atoms with Crippen molar-refractivity contribution in [3.05, 3.63) is 48.0 Å².